The van der Waals surface area contributed by atoms with Gasteiger partial charge >= 0.3 is 5.97 Å². The van der Waals surface area contributed by atoms with Gasteiger partial charge in [0.05, 0.1) is 6.04 Å². The highest BCUT2D eigenvalue weighted by molar-refractivity contribution is 7.80. The molecule has 0 aliphatic rings. The molecule has 0 fully saturated rings. The molecule has 12 N–H and O–H groups in total. The summed E-state index contributed by atoms with van der Waals surface area (Å²) in [4.78, 5) is 48.5. The molecule has 0 unspecified atom stereocenters. The van der Waals surface area contributed by atoms with Gasteiger partial charge in [-0.15, -0.1) is 0 Å². The summed E-state index contributed by atoms with van der Waals surface area (Å²) < 4.78 is 0. The van der Waals surface area contributed by atoms with Gasteiger partial charge in [0.25, 0.3) is 0 Å². The Bertz CT molecular complexity index is 567. The number of carbonyl (C=O) groups excluding carboxylic acids is 3. The lowest BCUT2D eigenvalue weighted by Gasteiger charge is -2.24. The summed E-state index contributed by atoms with van der Waals surface area (Å²) in [5.74, 6) is -3.18. The van der Waals surface area contributed by atoms with Gasteiger partial charge in [-0.3, -0.25) is 14.4 Å². The molecule has 0 saturated carbocycles. The van der Waals surface area contributed by atoms with Gasteiger partial charge in [-0.25, -0.2) is 4.79 Å². The molecule has 30 heavy (non-hydrogen) atoms. The average molecular weight is 450 g/mol. The minimum Gasteiger partial charge on any atom is -0.480 e. The first kappa shape index (κ1) is 28.1. The summed E-state index contributed by atoms with van der Waals surface area (Å²) in [6.45, 7) is 0.704. The minimum absolute atomic E-state index is 0.0329. The smallest absolute Gasteiger partial charge is 0.326 e. The van der Waals surface area contributed by atoms with Gasteiger partial charge in [0.2, 0.25) is 17.7 Å². The molecule has 0 rings (SSSR count). The van der Waals surface area contributed by atoms with E-state index in [1.807, 2.05) is 0 Å². The first-order valence-electron chi connectivity index (χ1n) is 9.82. The number of thiol groups is 1. The highest BCUT2D eigenvalue weighted by Crippen LogP contribution is 2.04. The van der Waals surface area contributed by atoms with E-state index in [1.54, 1.807) is 0 Å². The van der Waals surface area contributed by atoms with Crippen LogP contribution in [0.3, 0.4) is 0 Å². The van der Waals surface area contributed by atoms with Crippen molar-refractivity contribution in [1.82, 2.24) is 16.0 Å². The number of carboxylic acid groups (broad SMARTS) is 1. The van der Waals surface area contributed by atoms with E-state index in [2.05, 4.69) is 28.6 Å². The Morgan fingerprint density at radius 3 is 1.77 bits per heavy atom. The molecule has 0 aromatic rings. The minimum atomic E-state index is -1.24. The Morgan fingerprint density at radius 2 is 1.27 bits per heavy atom. The summed E-state index contributed by atoms with van der Waals surface area (Å²) in [7, 11) is 0. The molecule has 0 heterocycles. The molecular formula is C17H35N7O5S. The number of hydrogen-bond acceptors (Lipinski definition) is 9. The number of carbonyl (C=O) groups is 4. The lowest BCUT2D eigenvalue weighted by atomic mass is 10.1. The highest BCUT2D eigenvalue weighted by Gasteiger charge is 2.29. The molecule has 0 aromatic carbocycles. The van der Waals surface area contributed by atoms with E-state index in [0.717, 1.165) is 0 Å². The second-order valence-electron chi connectivity index (χ2n) is 6.75. The van der Waals surface area contributed by atoms with Crippen LogP contribution in [0.25, 0.3) is 0 Å². The van der Waals surface area contributed by atoms with Gasteiger partial charge < -0.3 is 44.0 Å². The molecule has 0 aromatic heterocycles. The zero-order valence-electron chi connectivity index (χ0n) is 17.0. The second kappa shape index (κ2) is 15.8. The first-order chi connectivity index (χ1) is 14.2. The van der Waals surface area contributed by atoms with E-state index in [4.69, 9.17) is 28.0 Å². The topological polar surface area (TPSA) is 229 Å². The molecule has 0 aliphatic carbocycles. The van der Waals surface area contributed by atoms with Gasteiger partial charge in [0.15, 0.2) is 0 Å². The number of aliphatic carboxylic acids is 1. The summed E-state index contributed by atoms with van der Waals surface area (Å²) in [6.07, 6.45) is 1.78. The van der Waals surface area contributed by atoms with Crippen LogP contribution in [0.1, 0.15) is 32.1 Å². The molecule has 0 spiro atoms. The van der Waals surface area contributed by atoms with Crippen molar-refractivity contribution < 1.29 is 24.3 Å². The zero-order valence-corrected chi connectivity index (χ0v) is 17.9. The maximum atomic E-state index is 12.7. The molecule has 0 bridgehead atoms. The average Bonchev–Trinajstić information content (AvgIpc) is 2.70. The maximum absolute atomic E-state index is 12.7. The van der Waals surface area contributed by atoms with Crippen LogP contribution >= 0.6 is 12.6 Å². The van der Waals surface area contributed by atoms with Crippen molar-refractivity contribution >= 4 is 36.3 Å². The quantitative estimate of drug-likeness (QED) is 0.0843. The number of carboxylic acids is 1. The number of nitrogens with one attached hydrogen (secondary N) is 3. The number of rotatable bonds is 16. The normalized spacial score (nSPS) is 14.8. The Balaban J connectivity index is 5.14. The summed E-state index contributed by atoms with van der Waals surface area (Å²) in [6, 6.07) is -4.10. The van der Waals surface area contributed by atoms with Crippen molar-refractivity contribution in [2.24, 2.45) is 22.9 Å². The fraction of sp³-hybridized carbons (Fsp3) is 0.765. The Hall–Kier alpha value is -1.93. The monoisotopic (exact) mass is 449 g/mol. The summed E-state index contributed by atoms with van der Waals surface area (Å²) >= 11 is 4.05. The largest absolute Gasteiger partial charge is 0.480 e. The van der Waals surface area contributed by atoms with E-state index in [9.17, 15) is 19.2 Å². The second-order valence-corrected chi connectivity index (χ2v) is 7.12. The lowest BCUT2D eigenvalue weighted by Crippen LogP contribution is -2.57. The van der Waals surface area contributed by atoms with Gasteiger partial charge in [0, 0.05) is 5.75 Å². The molecule has 12 nitrogen and oxygen atoms in total. The van der Waals surface area contributed by atoms with Crippen LogP contribution in [0.2, 0.25) is 0 Å². The summed E-state index contributed by atoms with van der Waals surface area (Å²) in [5.41, 5.74) is 22.0. The van der Waals surface area contributed by atoms with Crippen molar-refractivity contribution in [3.05, 3.63) is 0 Å². The van der Waals surface area contributed by atoms with E-state index in [0.29, 0.717) is 19.4 Å². The number of hydrogen-bond donors (Lipinski definition) is 9. The first-order valence-corrected chi connectivity index (χ1v) is 10.5. The number of amides is 3. The molecular weight excluding hydrogens is 414 g/mol. The van der Waals surface area contributed by atoms with Gasteiger partial charge in [-0.05, 0) is 51.7 Å². The van der Waals surface area contributed by atoms with Crippen LogP contribution in [0.15, 0.2) is 0 Å². The third-order valence-corrected chi connectivity index (χ3v) is 4.64. The lowest BCUT2D eigenvalue weighted by molar-refractivity contribution is -0.142. The predicted molar refractivity (Wildman–Crippen MR) is 116 cm³/mol. The molecule has 0 radical (unpaired) electrons. The number of unbranched alkanes of at least 4 members (excludes halogenated alkanes) is 1. The molecule has 174 valence electrons. The Kier molecular flexibility index (Phi) is 14.8. The maximum Gasteiger partial charge on any atom is 0.326 e. The molecule has 4 atom stereocenters. The number of nitrogens with two attached hydrogens (primary N) is 4. The Labute approximate surface area is 181 Å². The van der Waals surface area contributed by atoms with Crippen molar-refractivity contribution in [2.75, 3.05) is 25.4 Å². The van der Waals surface area contributed by atoms with Crippen LogP contribution in [-0.4, -0.2) is 78.4 Å². The van der Waals surface area contributed by atoms with Crippen molar-refractivity contribution in [2.45, 2.75) is 56.3 Å². The molecule has 0 saturated heterocycles. The van der Waals surface area contributed by atoms with Gasteiger partial charge in [-0.1, -0.05) is 0 Å². The van der Waals surface area contributed by atoms with E-state index in [-0.39, 0.29) is 38.1 Å². The van der Waals surface area contributed by atoms with E-state index in [1.165, 1.54) is 0 Å². The van der Waals surface area contributed by atoms with E-state index >= 15 is 0 Å². The zero-order chi connectivity index (χ0) is 23.1. The molecule has 13 heteroatoms. The summed E-state index contributed by atoms with van der Waals surface area (Å²) in [5, 5.41) is 16.5. The molecule has 3 amide bonds. The Morgan fingerprint density at radius 1 is 0.733 bits per heavy atom. The van der Waals surface area contributed by atoms with Crippen molar-refractivity contribution in [3.8, 4) is 0 Å². The standard InChI is InChI=1S/C17H35N7O5S/c18-6-2-1-3-11(22-14(25)10(21)4-7-19)15(26)24-13(9-30)16(27)23-12(5-8-20)17(28)29/h10-13,30H,1-9,18-21H2,(H,22,25)(H,23,27)(H,24,26)(H,28,29)/t10-,11-,12-,13-/m0/s1. The van der Waals surface area contributed by atoms with Crippen LogP contribution in [0.4, 0.5) is 0 Å². The SMILES string of the molecule is NCCCC[C@H](NC(=O)[C@@H](N)CCN)C(=O)N[C@@H](CS)C(=O)N[C@@H](CCN)C(=O)O. The predicted octanol–water partition coefficient (Wildman–Crippen LogP) is -3.39. The van der Waals surface area contributed by atoms with Crippen molar-refractivity contribution in [1.29, 1.82) is 0 Å². The van der Waals surface area contributed by atoms with Gasteiger partial charge in [-0.2, -0.15) is 12.6 Å². The third kappa shape index (κ3) is 10.7. The van der Waals surface area contributed by atoms with Crippen LogP contribution < -0.4 is 38.9 Å². The fourth-order valence-electron chi connectivity index (χ4n) is 2.51. The van der Waals surface area contributed by atoms with E-state index < -0.39 is 47.9 Å². The van der Waals surface area contributed by atoms with Crippen LogP contribution in [0.5, 0.6) is 0 Å². The third-order valence-electron chi connectivity index (χ3n) is 4.28. The van der Waals surface area contributed by atoms with Crippen LogP contribution in [-0.2, 0) is 19.2 Å². The molecule has 0 aliphatic heterocycles. The fourth-order valence-corrected chi connectivity index (χ4v) is 2.77. The van der Waals surface area contributed by atoms with Gasteiger partial charge in [0.1, 0.15) is 18.1 Å². The van der Waals surface area contributed by atoms with Crippen molar-refractivity contribution in [3.63, 3.8) is 0 Å². The highest BCUT2D eigenvalue weighted by atomic mass is 32.1. The van der Waals surface area contributed by atoms with Crippen LogP contribution in [0, 0.1) is 0 Å².